The van der Waals surface area contributed by atoms with Crippen LogP contribution in [0.5, 0.6) is 5.75 Å². The van der Waals surface area contributed by atoms with Crippen molar-refractivity contribution in [1.82, 2.24) is 14.7 Å². The highest BCUT2D eigenvalue weighted by Gasteiger charge is 2.31. The number of anilines is 1. The van der Waals surface area contributed by atoms with Crippen molar-refractivity contribution < 1.29 is 57.9 Å². The van der Waals surface area contributed by atoms with Gasteiger partial charge in [0.2, 0.25) is 5.91 Å². The summed E-state index contributed by atoms with van der Waals surface area (Å²) in [7, 11) is 1.73. The van der Waals surface area contributed by atoms with Gasteiger partial charge in [-0.15, -0.1) is 0 Å². The van der Waals surface area contributed by atoms with Crippen molar-refractivity contribution in [2.45, 2.75) is 105 Å². The number of carbonyl (C=O) groups excluding carboxylic acids is 4. The Hall–Kier alpha value is -2.87. The lowest BCUT2D eigenvalue weighted by molar-refractivity contribution is -0.159. The van der Waals surface area contributed by atoms with Gasteiger partial charge in [0, 0.05) is 55.9 Å². The number of aliphatic carboxylic acids is 2. The molecule has 0 bridgehead atoms. The van der Waals surface area contributed by atoms with E-state index in [2.05, 4.69) is 67.8 Å². The fourth-order valence-electron chi connectivity index (χ4n) is 6.04. The second-order valence-corrected chi connectivity index (χ2v) is 21.2. The number of amides is 1. The van der Waals surface area contributed by atoms with Crippen molar-refractivity contribution in [3.63, 3.8) is 0 Å². The topological polar surface area (TPSA) is 193 Å². The molecule has 16 nitrogen and oxygen atoms in total. The molecule has 2 N–H and O–H groups in total. The van der Waals surface area contributed by atoms with Gasteiger partial charge < -0.3 is 34.1 Å². The van der Waals surface area contributed by atoms with Crippen LogP contribution in [0.2, 0.25) is 0 Å². The molecular weight excluding hydrogens is 1150 g/mol. The molecule has 62 heavy (non-hydrogen) atoms. The van der Waals surface area contributed by atoms with E-state index in [-0.39, 0.29) is 58.2 Å². The predicted octanol–water partition coefficient (Wildman–Crippen LogP) is 6.07. The van der Waals surface area contributed by atoms with Crippen molar-refractivity contribution in [2.75, 3.05) is 64.3 Å². The molecule has 1 atom stereocenters. The van der Waals surface area contributed by atoms with Crippen LogP contribution in [-0.2, 0) is 56.0 Å². The van der Waals surface area contributed by atoms with Crippen LogP contribution in [0.25, 0.3) is 0 Å². The third kappa shape index (κ3) is 21.2. The van der Waals surface area contributed by atoms with Crippen molar-refractivity contribution in [1.29, 1.82) is 0 Å². The van der Waals surface area contributed by atoms with Crippen LogP contribution in [0.4, 0.5) is 5.69 Å². The molecular formula is C43H61I3N4O12. The zero-order chi connectivity index (χ0) is 47.3. The minimum atomic E-state index is -1.19. The second kappa shape index (κ2) is 24.4. The van der Waals surface area contributed by atoms with Gasteiger partial charge in [-0.3, -0.25) is 43.5 Å². The lowest BCUT2D eigenvalue weighted by Gasteiger charge is -2.35. The molecule has 0 aliphatic heterocycles. The van der Waals surface area contributed by atoms with Crippen LogP contribution in [-0.4, -0.2) is 143 Å². The number of ether oxygens (including phenoxy) is 4. The zero-order valence-electron chi connectivity index (χ0n) is 37.4. The molecule has 346 valence electrons. The van der Waals surface area contributed by atoms with E-state index in [4.69, 9.17) is 18.9 Å². The summed E-state index contributed by atoms with van der Waals surface area (Å²) in [5.74, 6) is -3.75. The van der Waals surface area contributed by atoms with Gasteiger partial charge in [-0.25, -0.2) is 0 Å². The third-order valence-electron chi connectivity index (χ3n) is 8.54. The monoisotopic (exact) mass is 1210 g/mol. The Labute approximate surface area is 406 Å². The zero-order valence-corrected chi connectivity index (χ0v) is 43.9. The lowest BCUT2D eigenvalue weighted by atomic mass is 10.0. The molecule has 0 fully saturated rings. The summed E-state index contributed by atoms with van der Waals surface area (Å²) < 4.78 is 25.7. The van der Waals surface area contributed by atoms with Crippen LogP contribution in [0.15, 0.2) is 30.3 Å². The summed E-state index contributed by atoms with van der Waals surface area (Å²) >= 11 is 6.70. The first kappa shape index (κ1) is 55.3. The number of carboxylic acid groups (broad SMARTS) is 2. The Balaban J connectivity index is 2.55. The van der Waals surface area contributed by atoms with E-state index in [1.165, 1.54) is 16.7 Å². The summed E-state index contributed by atoms with van der Waals surface area (Å²) in [6.45, 7) is 15.3. The molecule has 19 heteroatoms. The van der Waals surface area contributed by atoms with E-state index in [1.54, 1.807) is 91.3 Å². The Bertz CT molecular complexity index is 1890. The lowest BCUT2D eigenvalue weighted by Crippen LogP contribution is -2.52. The maximum Gasteiger partial charge on any atom is 0.320 e. The summed E-state index contributed by atoms with van der Waals surface area (Å²) in [4.78, 5) is 82.0. The van der Waals surface area contributed by atoms with Gasteiger partial charge in [-0.1, -0.05) is 12.1 Å². The quantitative estimate of drug-likeness (QED) is 0.0784. The van der Waals surface area contributed by atoms with Crippen LogP contribution >= 0.6 is 67.8 Å². The SMILES string of the molecule is CC(=O)N(C)c1c(I)cc(I)c(COc2ccc(CC(CN(CCN(CC(=O)O)CC(=O)OC(C)(C)C)CC(=O)OC(C)(C)C)N(CC(=O)O)CC(=O)OC(C)(C)C)cc2)c1I. The van der Waals surface area contributed by atoms with Gasteiger partial charge in [0.05, 0.1) is 38.4 Å². The molecule has 2 aromatic carbocycles. The van der Waals surface area contributed by atoms with Gasteiger partial charge in [-0.2, -0.15) is 0 Å². The number of benzene rings is 2. The minimum Gasteiger partial charge on any atom is -0.489 e. The molecule has 0 aromatic heterocycles. The smallest absolute Gasteiger partial charge is 0.320 e. The first-order valence-electron chi connectivity index (χ1n) is 19.8. The number of esters is 3. The summed E-state index contributed by atoms with van der Waals surface area (Å²) in [6, 6.07) is 8.53. The van der Waals surface area contributed by atoms with Crippen molar-refractivity contribution in [3.8, 4) is 5.75 Å². The molecule has 2 aromatic rings. The van der Waals surface area contributed by atoms with Gasteiger partial charge >= 0.3 is 29.8 Å². The van der Waals surface area contributed by atoms with E-state index in [0.29, 0.717) is 5.75 Å². The normalized spacial score (nSPS) is 12.6. The van der Waals surface area contributed by atoms with Crippen LogP contribution in [0, 0.1) is 10.7 Å². The molecule has 1 amide bonds. The molecule has 0 saturated carbocycles. The molecule has 0 saturated heterocycles. The number of hydrogen-bond donors (Lipinski definition) is 2. The summed E-state index contributed by atoms with van der Waals surface area (Å²) in [5, 5.41) is 19.8. The fourth-order valence-corrected chi connectivity index (χ4v) is 10.4. The Kier molecular flexibility index (Phi) is 21.8. The third-order valence-corrected chi connectivity index (χ3v) is 11.5. The number of halogens is 3. The minimum absolute atomic E-state index is 0.0169. The number of hydrogen-bond acceptors (Lipinski definition) is 13. The van der Waals surface area contributed by atoms with Crippen LogP contribution in [0.1, 0.15) is 80.4 Å². The number of rotatable bonds is 22. The Morgan fingerprint density at radius 1 is 0.661 bits per heavy atom. The molecule has 0 radical (unpaired) electrons. The standard InChI is InChI=1S/C43H61I3N4O12/c1-27(51)47(11)40-33(45)19-32(44)31(39(40)46)26-59-30-14-12-28(13-15-30)18-29(50(22-35(54)55)25-38(58)62-43(8,9)10)20-48(23-36(56)60-41(2,3)4)16-17-49(21-34(52)53)24-37(57)61-42(5,6)7/h12-15,19,29H,16-18,20-26H2,1-11H3,(H,52,53)(H,54,55). The van der Waals surface area contributed by atoms with Crippen LogP contribution < -0.4 is 9.64 Å². The second-order valence-electron chi connectivity index (χ2n) is 17.7. The number of carbonyl (C=O) groups is 6. The molecule has 0 heterocycles. The molecule has 2 rings (SSSR count). The maximum atomic E-state index is 13.3. The van der Waals surface area contributed by atoms with Crippen molar-refractivity contribution in [2.24, 2.45) is 0 Å². The summed E-state index contributed by atoms with van der Waals surface area (Å²) in [6.07, 6.45) is 0.214. The molecule has 0 spiro atoms. The van der Waals surface area contributed by atoms with Gasteiger partial charge in [0.15, 0.2) is 0 Å². The Morgan fingerprint density at radius 2 is 1.13 bits per heavy atom. The summed E-state index contributed by atoms with van der Waals surface area (Å²) in [5.41, 5.74) is 0.0112. The number of carboxylic acids is 2. The predicted molar refractivity (Wildman–Crippen MR) is 259 cm³/mol. The van der Waals surface area contributed by atoms with E-state index in [9.17, 15) is 39.0 Å². The molecule has 1 unspecified atom stereocenters. The molecule has 0 aliphatic rings. The van der Waals surface area contributed by atoms with Crippen molar-refractivity contribution >= 4 is 109 Å². The van der Waals surface area contributed by atoms with E-state index < -0.39 is 65.8 Å². The molecule has 0 aliphatic carbocycles. The van der Waals surface area contributed by atoms with Gasteiger partial charge in [0.1, 0.15) is 29.2 Å². The highest BCUT2D eigenvalue weighted by Crippen LogP contribution is 2.35. The first-order valence-corrected chi connectivity index (χ1v) is 23.1. The highest BCUT2D eigenvalue weighted by molar-refractivity contribution is 14.1. The van der Waals surface area contributed by atoms with E-state index in [1.807, 2.05) is 18.2 Å². The largest absolute Gasteiger partial charge is 0.489 e. The average Bonchev–Trinajstić information content (AvgIpc) is 3.07. The average molecular weight is 1210 g/mol. The van der Waals surface area contributed by atoms with E-state index in [0.717, 1.165) is 27.5 Å². The van der Waals surface area contributed by atoms with Gasteiger partial charge in [-0.05, 0) is 160 Å². The highest BCUT2D eigenvalue weighted by atomic mass is 127. The first-order chi connectivity index (χ1) is 28.4. The van der Waals surface area contributed by atoms with E-state index >= 15 is 0 Å². The number of nitrogens with zero attached hydrogens (tertiary/aromatic N) is 4. The Morgan fingerprint density at radius 3 is 1.60 bits per heavy atom. The van der Waals surface area contributed by atoms with Crippen LogP contribution in [0.3, 0.4) is 0 Å². The maximum absolute atomic E-state index is 13.3. The fraction of sp³-hybridized carbons (Fsp3) is 0.581. The van der Waals surface area contributed by atoms with Crippen molar-refractivity contribution in [3.05, 3.63) is 52.2 Å². The van der Waals surface area contributed by atoms with Gasteiger partial charge in [0.25, 0.3) is 0 Å².